The summed E-state index contributed by atoms with van der Waals surface area (Å²) < 4.78 is 14.4. The summed E-state index contributed by atoms with van der Waals surface area (Å²) in [6.07, 6.45) is 0. The van der Waals surface area contributed by atoms with Gasteiger partial charge in [-0.05, 0) is 46.1 Å². The minimum Gasteiger partial charge on any atom is -0.207 e. The number of nitrogens with zero attached hydrogens (tertiary/aromatic N) is 4. The molecule has 0 atom stereocenters. The highest BCUT2D eigenvalue weighted by molar-refractivity contribution is 7.13. The van der Waals surface area contributed by atoms with E-state index in [-0.39, 0.29) is 5.82 Å². The van der Waals surface area contributed by atoms with Crippen LogP contribution in [0.2, 0.25) is 0 Å². The van der Waals surface area contributed by atoms with Crippen LogP contribution in [-0.2, 0) is 0 Å². The highest BCUT2D eigenvalue weighted by atomic mass is 32.1. The maximum absolute atomic E-state index is 12.8. The monoisotopic (exact) mass is 246 g/mol. The zero-order valence-corrected chi connectivity index (χ0v) is 9.43. The van der Waals surface area contributed by atoms with E-state index in [0.29, 0.717) is 5.82 Å². The van der Waals surface area contributed by atoms with E-state index in [1.807, 2.05) is 17.5 Å². The summed E-state index contributed by atoms with van der Waals surface area (Å²) in [6.45, 7) is 0. The molecule has 0 saturated heterocycles. The summed E-state index contributed by atoms with van der Waals surface area (Å²) in [6, 6.07) is 9.93. The molecular formula is C11H7FN4S. The van der Waals surface area contributed by atoms with Crippen molar-refractivity contribution in [1.82, 2.24) is 20.2 Å². The fraction of sp³-hybridized carbons (Fsp3) is 0. The molecule has 0 unspecified atom stereocenters. The smallest absolute Gasteiger partial charge is 0.197 e. The molecule has 2 aromatic heterocycles. The molecule has 1 aromatic carbocycles. The molecule has 0 aliphatic rings. The lowest BCUT2D eigenvalue weighted by Crippen LogP contribution is -1.98. The van der Waals surface area contributed by atoms with E-state index in [1.54, 1.807) is 28.2 Å². The SMILES string of the molecule is Fc1ccc(-n2nnnc2-c2cccs2)cc1. The minimum absolute atomic E-state index is 0.278. The molecule has 0 bridgehead atoms. The van der Waals surface area contributed by atoms with Crippen molar-refractivity contribution >= 4 is 11.3 Å². The number of halogens is 1. The highest BCUT2D eigenvalue weighted by Crippen LogP contribution is 2.23. The molecule has 3 aromatic rings. The molecule has 4 nitrogen and oxygen atoms in total. The average molecular weight is 246 g/mol. The molecule has 3 rings (SSSR count). The van der Waals surface area contributed by atoms with Gasteiger partial charge in [0.1, 0.15) is 5.82 Å². The van der Waals surface area contributed by atoms with Crippen LogP contribution in [-0.4, -0.2) is 20.2 Å². The topological polar surface area (TPSA) is 43.6 Å². The number of aromatic nitrogens is 4. The first kappa shape index (κ1) is 10.1. The van der Waals surface area contributed by atoms with Crippen LogP contribution >= 0.6 is 11.3 Å². The molecule has 0 spiro atoms. The lowest BCUT2D eigenvalue weighted by atomic mass is 10.3. The molecule has 0 aliphatic carbocycles. The predicted molar refractivity (Wildman–Crippen MR) is 62.4 cm³/mol. The molecule has 0 saturated carbocycles. The van der Waals surface area contributed by atoms with Crippen LogP contribution in [0, 0.1) is 5.82 Å². The van der Waals surface area contributed by atoms with Gasteiger partial charge in [-0.25, -0.2) is 4.39 Å². The van der Waals surface area contributed by atoms with Crippen molar-refractivity contribution < 1.29 is 4.39 Å². The zero-order valence-electron chi connectivity index (χ0n) is 8.62. The van der Waals surface area contributed by atoms with E-state index in [1.165, 1.54) is 12.1 Å². The van der Waals surface area contributed by atoms with Crippen LogP contribution in [0.15, 0.2) is 41.8 Å². The van der Waals surface area contributed by atoms with Crippen LogP contribution in [0.1, 0.15) is 0 Å². The van der Waals surface area contributed by atoms with Crippen LogP contribution in [0.25, 0.3) is 16.4 Å². The standard InChI is InChI=1S/C11H7FN4S/c12-8-3-5-9(6-4-8)16-11(13-14-15-16)10-2-1-7-17-10/h1-7H. The molecule has 0 fully saturated rings. The number of hydrogen-bond acceptors (Lipinski definition) is 4. The highest BCUT2D eigenvalue weighted by Gasteiger charge is 2.11. The first-order chi connectivity index (χ1) is 8.34. The van der Waals surface area contributed by atoms with Gasteiger partial charge in [0, 0.05) is 0 Å². The van der Waals surface area contributed by atoms with Crippen molar-refractivity contribution in [2.75, 3.05) is 0 Å². The Morgan fingerprint density at radius 2 is 1.94 bits per heavy atom. The van der Waals surface area contributed by atoms with Crippen molar-refractivity contribution in [3.8, 4) is 16.4 Å². The van der Waals surface area contributed by atoms with E-state index in [4.69, 9.17) is 0 Å². The molecule has 0 radical (unpaired) electrons. The maximum atomic E-state index is 12.8. The van der Waals surface area contributed by atoms with Crippen molar-refractivity contribution in [3.05, 3.63) is 47.6 Å². The average Bonchev–Trinajstić information content (AvgIpc) is 3.00. The second-order valence-corrected chi connectivity index (χ2v) is 4.32. The van der Waals surface area contributed by atoms with Gasteiger partial charge in [-0.15, -0.1) is 16.4 Å². The Hall–Kier alpha value is -2.08. The lowest BCUT2D eigenvalue weighted by molar-refractivity contribution is 0.627. The number of tetrazole rings is 1. The van der Waals surface area contributed by atoms with Crippen LogP contribution in [0.3, 0.4) is 0 Å². The first-order valence-corrected chi connectivity index (χ1v) is 5.81. The number of benzene rings is 1. The Balaban J connectivity index is 2.10. The lowest BCUT2D eigenvalue weighted by Gasteiger charge is -2.02. The van der Waals surface area contributed by atoms with Crippen molar-refractivity contribution in [2.45, 2.75) is 0 Å². The largest absolute Gasteiger partial charge is 0.207 e. The normalized spacial score (nSPS) is 10.6. The van der Waals surface area contributed by atoms with Gasteiger partial charge in [-0.1, -0.05) is 6.07 Å². The summed E-state index contributed by atoms with van der Waals surface area (Å²) in [5.74, 6) is 0.381. The Labute approximate surface area is 100 Å². The van der Waals surface area contributed by atoms with Crippen molar-refractivity contribution in [3.63, 3.8) is 0 Å². The van der Waals surface area contributed by atoms with Crippen LogP contribution in [0.4, 0.5) is 4.39 Å². The minimum atomic E-state index is -0.278. The maximum Gasteiger partial charge on any atom is 0.197 e. The molecule has 2 heterocycles. The van der Waals surface area contributed by atoms with Gasteiger partial charge in [-0.3, -0.25) is 0 Å². The summed E-state index contributed by atoms with van der Waals surface area (Å²) in [5.41, 5.74) is 0.736. The summed E-state index contributed by atoms with van der Waals surface area (Å²) in [7, 11) is 0. The predicted octanol–water partition coefficient (Wildman–Crippen LogP) is 2.53. The molecule has 6 heteroatoms. The van der Waals surface area contributed by atoms with Gasteiger partial charge >= 0.3 is 0 Å². The van der Waals surface area contributed by atoms with Crippen LogP contribution < -0.4 is 0 Å². The van der Waals surface area contributed by atoms with Gasteiger partial charge in [-0.2, -0.15) is 4.68 Å². The molecule has 0 aliphatic heterocycles. The second-order valence-electron chi connectivity index (χ2n) is 3.37. The molecule has 84 valence electrons. The van der Waals surface area contributed by atoms with Crippen molar-refractivity contribution in [1.29, 1.82) is 0 Å². The molecule has 0 amide bonds. The van der Waals surface area contributed by atoms with Gasteiger partial charge in [0.05, 0.1) is 10.6 Å². The van der Waals surface area contributed by atoms with E-state index in [2.05, 4.69) is 15.5 Å². The van der Waals surface area contributed by atoms with E-state index in [0.717, 1.165) is 10.6 Å². The van der Waals surface area contributed by atoms with E-state index >= 15 is 0 Å². The number of hydrogen-bond donors (Lipinski definition) is 0. The van der Waals surface area contributed by atoms with Gasteiger partial charge < -0.3 is 0 Å². The van der Waals surface area contributed by atoms with Crippen molar-refractivity contribution in [2.24, 2.45) is 0 Å². The third kappa shape index (κ3) is 1.83. The fourth-order valence-corrected chi connectivity index (χ4v) is 2.20. The molecule has 0 N–H and O–H groups in total. The number of thiophene rings is 1. The first-order valence-electron chi connectivity index (χ1n) is 4.93. The quantitative estimate of drug-likeness (QED) is 0.698. The van der Waals surface area contributed by atoms with Gasteiger partial charge in [0.2, 0.25) is 0 Å². The Morgan fingerprint density at radius 1 is 1.12 bits per heavy atom. The molecule has 17 heavy (non-hydrogen) atoms. The van der Waals surface area contributed by atoms with E-state index in [9.17, 15) is 4.39 Å². The second kappa shape index (κ2) is 4.06. The fourth-order valence-electron chi connectivity index (χ4n) is 1.50. The number of rotatable bonds is 2. The summed E-state index contributed by atoms with van der Waals surface area (Å²) in [4.78, 5) is 0.972. The third-order valence-corrected chi connectivity index (χ3v) is 3.15. The zero-order chi connectivity index (χ0) is 11.7. The van der Waals surface area contributed by atoms with Gasteiger partial charge in [0.25, 0.3) is 0 Å². The Kier molecular flexibility index (Phi) is 2.41. The Morgan fingerprint density at radius 3 is 2.65 bits per heavy atom. The van der Waals surface area contributed by atoms with Gasteiger partial charge in [0.15, 0.2) is 5.82 Å². The third-order valence-electron chi connectivity index (χ3n) is 2.28. The summed E-state index contributed by atoms with van der Waals surface area (Å²) >= 11 is 1.56. The van der Waals surface area contributed by atoms with Crippen LogP contribution in [0.5, 0.6) is 0 Å². The Bertz CT molecular complexity index is 615. The molecular weight excluding hydrogens is 239 g/mol. The van der Waals surface area contributed by atoms with E-state index < -0.39 is 0 Å². The summed E-state index contributed by atoms with van der Waals surface area (Å²) in [5, 5.41) is 13.5.